The average Bonchev–Trinajstić information content (AvgIpc) is 2.77. The molecule has 2 N–H and O–H groups in total. The molecular formula is C15H13NO3. The lowest BCUT2D eigenvalue weighted by Gasteiger charge is -2.01. The first-order chi connectivity index (χ1) is 9.10. The van der Waals surface area contributed by atoms with Gasteiger partial charge in [-0.25, -0.2) is 4.79 Å². The molecule has 0 saturated carbocycles. The van der Waals surface area contributed by atoms with Gasteiger partial charge in [0.05, 0.1) is 12.7 Å². The second-order valence-electron chi connectivity index (χ2n) is 4.56. The van der Waals surface area contributed by atoms with Crippen molar-refractivity contribution in [3.05, 3.63) is 41.5 Å². The number of carboxylic acid groups (broad SMARTS) is 1. The monoisotopic (exact) mass is 255 g/mol. The summed E-state index contributed by atoms with van der Waals surface area (Å²) in [5.74, 6) is -0.158. The smallest absolute Gasteiger partial charge is 0.335 e. The molecule has 3 rings (SSSR count). The maximum absolute atomic E-state index is 11.1. The third kappa shape index (κ3) is 1.73. The van der Waals surface area contributed by atoms with Gasteiger partial charge >= 0.3 is 5.97 Å². The highest BCUT2D eigenvalue weighted by Crippen LogP contribution is 2.31. The minimum absolute atomic E-state index is 0.300. The molecule has 0 aliphatic carbocycles. The summed E-state index contributed by atoms with van der Waals surface area (Å²) in [6, 6.07) is 9.11. The average molecular weight is 255 g/mol. The van der Waals surface area contributed by atoms with Gasteiger partial charge in [-0.1, -0.05) is 0 Å². The van der Waals surface area contributed by atoms with Crippen LogP contribution in [0, 0.1) is 6.92 Å². The number of methoxy groups -OCH3 is 1. The first-order valence-corrected chi connectivity index (χ1v) is 5.93. The van der Waals surface area contributed by atoms with Crippen molar-refractivity contribution in [3.8, 4) is 5.75 Å². The molecule has 0 unspecified atom stereocenters. The Bertz CT molecular complexity index is 802. The Balaban J connectivity index is 2.43. The van der Waals surface area contributed by atoms with Crippen molar-refractivity contribution in [3.63, 3.8) is 0 Å². The van der Waals surface area contributed by atoms with Crippen LogP contribution in [0.2, 0.25) is 0 Å². The molecular weight excluding hydrogens is 242 g/mol. The summed E-state index contributed by atoms with van der Waals surface area (Å²) in [5.41, 5.74) is 3.16. The maximum Gasteiger partial charge on any atom is 0.335 e. The van der Waals surface area contributed by atoms with Gasteiger partial charge in [0.15, 0.2) is 0 Å². The minimum atomic E-state index is -0.915. The van der Waals surface area contributed by atoms with Crippen LogP contribution in [0.5, 0.6) is 5.75 Å². The van der Waals surface area contributed by atoms with Gasteiger partial charge in [0.25, 0.3) is 0 Å². The summed E-state index contributed by atoms with van der Waals surface area (Å²) in [7, 11) is 1.62. The Morgan fingerprint density at radius 2 is 2.00 bits per heavy atom. The largest absolute Gasteiger partial charge is 0.497 e. The fraction of sp³-hybridized carbons (Fsp3) is 0.133. The Labute approximate surface area is 109 Å². The minimum Gasteiger partial charge on any atom is -0.497 e. The zero-order chi connectivity index (χ0) is 13.6. The number of benzene rings is 2. The summed E-state index contributed by atoms with van der Waals surface area (Å²) < 4.78 is 5.22. The molecule has 0 aliphatic rings. The van der Waals surface area contributed by atoms with Crippen LogP contribution in [0.25, 0.3) is 21.8 Å². The Morgan fingerprint density at radius 1 is 1.21 bits per heavy atom. The first kappa shape index (κ1) is 11.6. The molecule has 1 aromatic heterocycles. The van der Waals surface area contributed by atoms with E-state index in [9.17, 15) is 4.79 Å². The molecule has 19 heavy (non-hydrogen) atoms. The highest BCUT2D eigenvalue weighted by molar-refractivity contribution is 6.10. The van der Waals surface area contributed by atoms with E-state index in [1.807, 2.05) is 25.1 Å². The summed E-state index contributed by atoms with van der Waals surface area (Å²) in [5, 5.41) is 11.0. The molecule has 0 spiro atoms. The van der Waals surface area contributed by atoms with Crippen LogP contribution in [0.1, 0.15) is 15.9 Å². The first-order valence-electron chi connectivity index (χ1n) is 5.93. The molecule has 0 bridgehead atoms. The molecule has 0 amide bonds. The number of nitrogens with one attached hydrogen (secondary N) is 1. The molecule has 1 heterocycles. The number of aromatic amines is 1. The van der Waals surface area contributed by atoms with Crippen molar-refractivity contribution in [1.82, 2.24) is 4.98 Å². The van der Waals surface area contributed by atoms with Gasteiger partial charge in [0, 0.05) is 21.8 Å². The number of aromatic nitrogens is 1. The molecule has 0 aliphatic heterocycles. The molecule has 0 fully saturated rings. The van der Waals surface area contributed by atoms with E-state index < -0.39 is 5.97 Å². The summed E-state index contributed by atoms with van der Waals surface area (Å²) in [6.07, 6.45) is 0. The molecule has 0 saturated heterocycles. The second kappa shape index (κ2) is 4.02. The van der Waals surface area contributed by atoms with Crippen LogP contribution in [0.15, 0.2) is 30.3 Å². The van der Waals surface area contributed by atoms with Gasteiger partial charge in [0.1, 0.15) is 5.75 Å². The zero-order valence-electron chi connectivity index (χ0n) is 10.7. The number of fused-ring (bicyclic) bond motifs is 3. The lowest BCUT2D eigenvalue weighted by atomic mass is 10.1. The standard InChI is InChI=1S/C15H13NO3/c1-8-5-9(15(17)18)6-12-11-7-10(19-2)3-4-13(11)16-14(8)12/h3-7,16H,1-2H3,(H,17,18). The molecule has 4 heteroatoms. The fourth-order valence-electron chi connectivity index (χ4n) is 2.41. The number of H-pyrrole nitrogens is 1. The van der Waals surface area contributed by atoms with Crippen molar-refractivity contribution in [1.29, 1.82) is 0 Å². The van der Waals surface area contributed by atoms with Gasteiger partial charge in [-0.05, 0) is 42.8 Å². The van der Waals surface area contributed by atoms with E-state index in [1.165, 1.54) is 0 Å². The van der Waals surface area contributed by atoms with Crippen molar-refractivity contribution in [2.45, 2.75) is 6.92 Å². The van der Waals surface area contributed by atoms with Crippen molar-refractivity contribution >= 4 is 27.8 Å². The molecule has 0 atom stereocenters. The Hall–Kier alpha value is -2.49. The van der Waals surface area contributed by atoms with Crippen molar-refractivity contribution < 1.29 is 14.6 Å². The molecule has 3 aromatic rings. The third-order valence-electron chi connectivity index (χ3n) is 3.36. The van der Waals surface area contributed by atoms with E-state index in [0.29, 0.717) is 5.56 Å². The van der Waals surface area contributed by atoms with Gasteiger partial charge in [0.2, 0.25) is 0 Å². The normalized spacial score (nSPS) is 11.1. The summed E-state index contributed by atoms with van der Waals surface area (Å²) in [4.78, 5) is 14.5. The van der Waals surface area contributed by atoms with Crippen molar-refractivity contribution in [2.75, 3.05) is 7.11 Å². The van der Waals surface area contributed by atoms with Gasteiger partial charge in [-0.15, -0.1) is 0 Å². The van der Waals surface area contributed by atoms with E-state index >= 15 is 0 Å². The topological polar surface area (TPSA) is 62.3 Å². The zero-order valence-corrected chi connectivity index (χ0v) is 10.7. The maximum atomic E-state index is 11.1. The highest BCUT2D eigenvalue weighted by atomic mass is 16.5. The predicted octanol–water partition coefficient (Wildman–Crippen LogP) is 3.34. The number of hydrogen-bond donors (Lipinski definition) is 2. The van der Waals surface area contributed by atoms with E-state index in [-0.39, 0.29) is 0 Å². The highest BCUT2D eigenvalue weighted by Gasteiger charge is 2.12. The van der Waals surface area contributed by atoms with Gasteiger partial charge in [-0.2, -0.15) is 0 Å². The third-order valence-corrected chi connectivity index (χ3v) is 3.36. The van der Waals surface area contributed by atoms with Crippen molar-refractivity contribution in [2.24, 2.45) is 0 Å². The van der Waals surface area contributed by atoms with E-state index in [1.54, 1.807) is 19.2 Å². The lowest BCUT2D eigenvalue weighted by molar-refractivity contribution is 0.0697. The predicted molar refractivity (Wildman–Crippen MR) is 74.1 cm³/mol. The number of rotatable bonds is 2. The molecule has 2 aromatic carbocycles. The number of aryl methyl sites for hydroxylation is 1. The number of carbonyl (C=O) groups is 1. The van der Waals surface area contributed by atoms with Crippen LogP contribution in [-0.2, 0) is 0 Å². The Kier molecular flexibility index (Phi) is 2.45. The van der Waals surface area contributed by atoms with E-state index in [2.05, 4.69) is 4.98 Å². The number of carboxylic acids is 1. The van der Waals surface area contributed by atoms with E-state index in [0.717, 1.165) is 33.1 Å². The molecule has 0 radical (unpaired) electrons. The SMILES string of the molecule is COc1ccc2[nH]c3c(C)cc(C(=O)O)cc3c2c1. The Morgan fingerprint density at radius 3 is 2.68 bits per heavy atom. The molecule has 4 nitrogen and oxygen atoms in total. The lowest BCUT2D eigenvalue weighted by Crippen LogP contribution is -1.96. The van der Waals surface area contributed by atoms with Crippen LogP contribution >= 0.6 is 0 Å². The molecule has 96 valence electrons. The quantitative estimate of drug-likeness (QED) is 0.738. The fourth-order valence-corrected chi connectivity index (χ4v) is 2.41. The van der Waals surface area contributed by atoms with Crippen LogP contribution in [0.4, 0.5) is 0 Å². The van der Waals surface area contributed by atoms with Gasteiger partial charge in [-0.3, -0.25) is 0 Å². The number of aromatic carboxylic acids is 1. The summed E-state index contributed by atoms with van der Waals surface area (Å²) in [6.45, 7) is 1.90. The second-order valence-corrected chi connectivity index (χ2v) is 4.56. The van der Waals surface area contributed by atoms with Gasteiger partial charge < -0.3 is 14.8 Å². The van der Waals surface area contributed by atoms with Crippen LogP contribution in [0.3, 0.4) is 0 Å². The number of hydrogen-bond acceptors (Lipinski definition) is 2. The van der Waals surface area contributed by atoms with Crippen LogP contribution < -0.4 is 4.74 Å². The number of ether oxygens (including phenoxy) is 1. The van der Waals surface area contributed by atoms with Crippen LogP contribution in [-0.4, -0.2) is 23.2 Å². The van der Waals surface area contributed by atoms with E-state index in [4.69, 9.17) is 9.84 Å². The summed E-state index contributed by atoms with van der Waals surface area (Å²) >= 11 is 0.